The Kier molecular flexibility index (Phi) is 8.34. The van der Waals surface area contributed by atoms with Gasteiger partial charge in [0.25, 0.3) is 0 Å². The second kappa shape index (κ2) is 12.3. The Balaban J connectivity index is 1.07. The van der Waals surface area contributed by atoms with Crippen molar-refractivity contribution in [1.29, 1.82) is 0 Å². The molecule has 0 saturated carbocycles. The zero-order valence-corrected chi connectivity index (χ0v) is 26.2. The third-order valence-electron chi connectivity index (χ3n) is 8.99. The van der Waals surface area contributed by atoms with Gasteiger partial charge in [0.05, 0.1) is 17.6 Å². The molecule has 2 bridgehead atoms. The van der Waals surface area contributed by atoms with Gasteiger partial charge in [-0.05, 0) is 86.9 Å². The number of furan rings is 1. The van der Waals surface area contributed by atoms with Crippen molar-refractivity contribution < 1.29 is 14.0 Å². The Bertz CT molecular complexity index is 1590. The first kappa shape index (κ1) is 29.7. The van der Waals surface area contributed by atoms with Gasteiger partial charge >= 0.3 is 6.03 Å². The molecule has 2 saturated heterocycles. The highest BCUT2D eigenvalue weighted by atomic mass is 16.3. The van der Waals surface area contributed by atoms with Crippen molar-refractivity contribution in [3.63, 3.8) is 0 Å². The lowest BCUT2D eigenvalue weighted by Gasteiger charge is -2.39. The molecule has 230 valence electrons. The van der Waals surface area contributed by atoms with Crippen molar-refractivity contribution in [2.45, 2.75) is 90.1 Å². The van der Waals surface area contributed by atoms with Gasteiger partial charge in [-0.2, -0.15) is 5.10 Å². The number of piperidine rings is 1. The standard InChI is InChI=1S/C36H43N5O3/c1-24-10-12-28(13-11-24)41-33(23-32(39-41)36(2,3)4)38-35(43)37-27-8-5-7-25(20-27)19-26-21-29-14-15-30(22-26)40(29)34(42)17-16-31-9-6-18-44-31/h5-13,18,20,23,26,29-30H,14-17,19,21-22H2,1-4H3,(H2,37,38,43). The summed E-state index contributed by atoms with van der Waals surface area (Å²) in [5.41, 5.74) is 4.74. The molecule has 2 aromatic heterocycles. The summed E-state index contributed by atoms with van der Waals surface area (Å²) in [6.07, 6.45) is 8.00. The van der Waals surface area contributed by atoms with Crippen LogP contribution >= 0.6 is 0 Å². The molecule has 2 atom stereocenters. The normalized spacial score (nSPS) is 19.6. The highest BCUT2D eigenvalue weighted by Gasteiger charge is 2.42. The van der Waals surface area contributed by atoms with E-state index in [1.54, 1.807) is 10.9 Å². The first-order chi connectivity index (χ1) is 21.1. The van der Waals surface area contributed by atoms with Crippen LogP contribution in [0.3, 0.4) is 0 Å². The average Bonchev–Trinajstić information content (AvgIpc) is 3.71. The molecule has 0 spiro atoms. The Morgan fingerprint density at radius 2 is 1.70 bits per heavy atom. The van der Waals surface area contributed by atoms with E-state index in [1.807, 2.05) is 61.5 Å². The van der Waals surface area contributed by atoms with Crippen molar-refractivity contribution >= 4 is 23.4 Å². The summed E-state index contributed by atoms with van der Waals surface area (Å²) in [5, 5.41) is 10.9. The number of rotatable bonds is 8. The molecule has 2 unspecified atom stereocenters. The van der Waals surface area contributed by atoms with Crippen LogP contribution in [0, 0.1) is 12.8 Å². The van der Waals surface area contributed by atoms with Gasteiger partial charge in [-0.1, -0.05) is 50.6 Å². The Morgan fingerprint density at radius 1 is 0.955 bits per heavy atom. The van der Waals surface area contributed by atoms with Gasteiger partial charge in [0.2, 0.25) is 5.91 Å². The SMILES string of the molecule is Cc1ccc(-n2nc(C(C)(C)C)cc2NC(=O)Nc2cccc(CC3CC4CCC(C3)N4C(=O)CCc3ccco3)c2)cc1. The first-order valence-corrected chi connectivity index (χ1v) is 15.8. The van der Waals surface area contributed by atoms with E-state index in [-0.39, 0.29) is 17.4 Å². The van der Waals surface area contributed by atoms with E-state index in [0.717, 1.165) is 60.5 Å². The lowest BCUT2D eigenvalue weighted by atomic mass is 9.85. The molecular formula is C36H43N5O3. The number of carbonyl (C=O) groups excluding carboxylic acids is 2. The van der Waals surface area contributed by atoms with Crippen LogP contribution in [-0.4, -0.2) is 38.7 Å². The second-order valence-electron chi connectivity index (χ2n) is 13.5. The van der Waals surface area contributed by atoms with Crippen molar-refractivity contribution in [2.75, 3.05) is 10.6 Å². The van der Waals surface area contributed by atoms with Crippen molar-refractivity contribution in [3.05, 3.63) is 95.6 Å². The number of hydrogen-bond donors (Lipinski definition) is 2. The topological polar surface area (TPSA) is 92.4 Å². The fraction of sp³-hybridized carbons (Fsp3) is 0.417. The number of aryl methyl sites for hydroxylation is 2. The fourth-order valence-electron chi connectivity index (χ4n) is 6.79. The molecule has 2 aliphatic rings. The van der Waals surface area contributed by atoms with Crippen LogP contribution in [0.2, 0.25) is 0 Å². The van der Waals surface area contributed by atoms with Crippen molar-refractivity contribution in [1.82, 2.24) is 14.7 Å². The highest BCUT2D eigenvalue weighted by molar-refractivity contribution is 5.99. The maximum atomic E-state index is 13.2. The molecule has 2 aliphatic heterocycles. The summed E-state index contributed by atoms with van der Waals surface area (Å²) < 4.78 is 7.21. The Morgan fingerprint density at radius 3 is 2.39 bits per heavy atom. The summed E-state index contributed by atoms with van der Waals surface area (Å²) >= 11 is 0. The Hall–Kier alpha value is -4.33. The van der Waals surface area contributed by atoms with E-state index in [2.05, 4.69) is 48.4 Å². The van der Waals surface area contributed by atoms with E-state index in [1.165, 1.54) is 5.56 Å². The number of nitrogens with one attached hydrogen (secondary N) is 2. The zero-order valence-electron chi connectivity index (χ0n) is 26.2. The van der Waals surface area contributed by atoms with Crippen LogP contribution in [0.25, 0.3) is 5.69 Å². The predicted molar refractivity (Wildman–Crippen MR) is 173 cm³/mol. The second-order valence-corrected chi connectivity index (χ2v) is 13.5. The Labute approximate surface area is 259 Å². The third-order valence-corrected chi connectivity index (χ3v) is 8.99. The molecule has 8 heteroatoms. The van der Waals surface area contributed by atoms with E-state index < -0.39 is 0 Å². The quantitative estimate of drug-likeness (QED) is 0.219. The minimum absolute atomic E-state index is 0.167. The van der Waals surface area contributed by atoms with E-state index in [9.17, 15) is 9.59 Å². The number of carbonyl (C=O) groups is 2. The number of aromatic nitrogens is 2. The summed E-state index contributed by atoms with van der Waals surface area (Å²) in [6, 6.07) is 22.3. The maximum Gasteiger partial charge on any atom is 0.324 e. The van der Waals surface area contributed by atoms with Gasteiger partial charge in [0, 0.05) is 42.1 Å². The minimum atomic E-state index is -0.310. The van der Waals surface area contributed by atoms with Gasteiger partial charge < -0.3 is 14.6 Å². The van der Waals surface area contributed by atoms with Crippen LogP contribution < -0.4 is 10.6 Å². The van der Waals surface area contributed by atoms with Crippen LogP contribution in [0.1, 0.15) is 75.5 Å². The summed E-state index contributed by atoms with van der Waals surface area (Å²) in [6.45, 7) is 8.38. The first-order valence-electron chi connectivity index (χ1n) is 15.8. The van der Waals surface area contributed by atoms with Crippen LogP contribution in [0.15, 0.2) is 77.4 Å². The monoisotopic (exact) mass is 593 g/mol. The van der Waals surface area contributed by atoms with E-state index in [4.69, 9.17) is 9.52 Å². The summed E-state index contributed by atoms with van der Waals surface area (Å²) in [5.74, 6) is 2.26. The molecule has 2 fully saturated rings. The molecule has 6 rings (SSSR count). The molecular weight excluding hydrogens is 550 g/mol. The van der Waals surface area contributed by atoms with Crippen LogP contribution in [0.4, 0.5) is 16.3 Å². The molecule has 8 nitrogen and oxygen atoms in total. The highest BCUT2D eigenvalue weighted by Crippen LogP contribution is 2.40. The summed E-state index contributed by atoms with van der Waals surface area (Å²) in [4.78, 5) is 28.5. The molecule has 44 heavy (non-hydrogen) atoms. The lowest BCUT2D eigenvalue weighted by Crippen LogP contribution is -2.47. The summed E-state index contributed by atoms with van der Waals surface area (Å²) in [7, 11) is 0. The zero-order chi connectivity index (χ0) is 30.8. The molecule has 4 aromatic rings. The van der Waals surface area contributed by atoms with Crippen molar-refractivity contribution in [3.8, 4) is 5.69 Å². The van der Waals surface area contributed by atoms with Gasteiger partial charge in [-0.3, -0.25) is 10.1 Å². The largest absolute Gasteiger partial charge is 0.469 e. The number of anilines is 2. The molecule has 4 heterocycles. The lowest BCUT2D eigenvalue weighted by molar-refractivity contribution is -0.136. The molecule has 0 aliphatic carbocycles. The molecule has 0 radical (unpaired) electrons. The smallest absolute Gasteiger partial charge is 0.324 e. The minimum Gasteiger partial charge on any atom is -0.469 e. The van der Waals surface area contributed by atoms with E-state index >= 15 is 0 Å². The predicted octanol–water partition coefficient (Wildman–Crippen LogP) is 7.66. The number of amides is 3. The van der Waals surface area contributed by atoms with Gasteiger partial charge in [0.15, 0.2) is 0 Å². The van der Waals surface area contributed by atoms with Gasteiger partial charge in [-0.25, -0.2) is 9.48 Å². The third kappa shape index (κ3) is 6.74. The molecule has 3 amide bonds. The van der Waals surface area contributed by atoms with E-state index in [0.29, 0.717) is 36.7 Å². The van der Waals surface area contributed by atoms with Gasteiger partial charge in [-0.15, -0.1) is 0 Å². The van der Waals surface area contributed by atoms with Gasteiger partial charge in [0.1, 0.15) is 11.6 Å². The number of urea groups is 1. The number of benzene rings is 2. The average molecular weight is 594 g/mol. The number of nitrogens with zero attached hydrogens (tertiary/aromatic N) is 3. The van der Waals surface area contributed by atoms with Crippen molar-refractivity contribution in [2.24, 2.45) is 5.92 Å². The molecule has 2 N–H and O–H groups in total. The number of hydrogen-bond acceptors (Lipinski definition) is 4. The maximum absolute atomic E-state index is 13.2. The fourth-order valence-corrected chi connectivity index (χ4v) is 6.79. The molecule has 2 aromatic carbocycles. The van der Waals surface area contributed by atoms with Crippen LogP contribution in [0.5, 0.6) is 0 Å². The number of fused-ring (bicyclic) bond motifs is 2. The van der Waals surface area contributed by atoms with Crippen LogP contribution in [-0.2, 0) is 23.1 Å².